The smallest absolute Gasteiger partial charge is 0.244 e. The van der Waals surface area contributed by atoms with Gasteiger partial charge >= 0.3 is 0 Å². The van der Waals surface area contributed by atoms with Gasteiger partial charge < -0.3 is 30.5 Å². The van der Waals surface area contributed by atoms with E-state index in [1.807, 2.05) is 47.4 Å². The molecule has 11 heteroatoms. The molecule has 4 aromatic rings. The Morgan fingerprint density at radius 2 is 1.82 bits per heavy atom. The molecular weight excluding hydrogens is 520 g/mol. The number of anilines is 1. The van der Waals surface area contributed by atoms with E-state index in [0.717, 1.165) is 22.4 Å². The van der Waals surface area contributed by atoms with E-state index in [1.165, 1.54) is 0 Å². The molecule has 5 N–H and O–H groups in total. The highest BCUT2D eigenvalue weighted by atomic mass is 35.5. The molecule has 204 valence electrons. The van der Waals surface area contributed by atoms with Gasteiger partial charge in [0.05, 0.1) is 18.3 Å². The quantitative estimate of drug-likeness (QED) is 0.249. The van der Waals surface area contributed by atoms with Crippen LogP contribution in [0.5, 0.6) is 5.88 Å². The molecular formula is C28H31ClN6O4. The maximum absolute atomic E-state index is 13.2. The fourth-order valence-electron chi connectivity index (χ4n) is 4.78. The van der Waals surface area contributed by atoms with Crippen molar-refractivity contribution in [1.82, 2.24) is 20.1 Å². The normalized spacial score (nSPS) is 15.4. The van der Waals surface area contributed by atoms with Gasteiger partial charge in [-0.1, -0.05) is 54.1 Å². The second kappa shape index (κ2) is 12.0. The van der Waals surface area contributed by atoms with Gasteiger partial charge in [-0.15, -0.1) is 5.10 Å². The van der Waals surface area contributed by atoms with E-state index in [9.17, 15) is 15.0 Å². The number of carbonyl (C=O) groups excluding carboxylic acids is 1. The Kier molecular flexibility index (Phi) is 8.27. The van der Waals surface area contributed by atoms with Crippen LogP contribution in [-0.4, -0.2) is 87.7 Å². The average molecular weight is 551 g/mol. The van der Waals surface area contributed by atoms with E-state index in [1.54, 1.807) is 18.3 Å². The molecule has 39 heavy (non-hydrogen) atoms. The predicted octanol–water partition coefficient (Wildman–Crippen LogP) is 2.23. The summed E-state index contributed by atoms with van der Waals surface area (Å²) in [6.45, 7) is 1.62. The number of nitrogens with two attached hydrogens (primary N) is 1. The minimum Gasteiger partial charge on any atom is -0.473 e. The second-order valence-corrected chi connectivity index (χ2v) is 9.97. The first-order chi connectivity index (χ1) is 18.9. The third-order valence-corrected chi connectivity index (χ3v) is 7.08. The van der Waals surface area contributed by atoms with Gasteiger partial charge in [-0.2, -0.15) is 0 Å². The number of hydrogen-bond acceptors (Lipinski definition) is 8. The number of nitrogens with zero attached hydrogens (tertiary/aromatic N) is 4. The zero-order valence-electron chi connectivity index (χ0n) is 21.3. The topological polar surface area (TPSA) is 141 Å². The summed E-state index contributed by atoms with van der Waals surface area (Å²) in [4.78, 5) is 21.7. The van der Waals surface area contributed by atoms with Crippen LogP contribution >= 0.6 is 11.6 Å². The van der Waals surface area contributed by atoms with Gasteiger partial charge in [0.15, 0.2) is 5.65 Å². The molecule has 10 nitrogen and oxygen atoms in total. The van der Waals surface area contributed by atoms with Crippen LogP contribution in [0, 0.1) is 0 Å². The lowest BCUT2D eigenvalue weighted by atomic mass is 10.0. The van der Waals surface area contributed by atoms with Crippen LogP contribution in [-0.2, 0) is 11.2 Å². The van der Waals surface area contributed by atoms with Crippen LogP contribution in [0.15, 0.2) is 60.8 Å². The number of pyridine rings is 1. The Bertz CT molecular complexity index is 1410. The van der Waals surface area contributed by atoms with E-state index in [4.69, 9.17) is 22.1 Å². The number of halogens is 1. The summed E-state index contributed by atoms with van der Waals surface area (Å²) in [5.74, 6) is 0.208. The SMILES string of the molecule is N[C@H](Cc1ccc(Cl)cc1)C(=O)N1CCN(c2c(-c3ccccc3)cnc3[nH]nc(OC[C@H](O)CO)c23)CC1. The standard InChI is InChI=1S/C28H31ClN6O4/c29-20-8-6-18(7-9-20)14-23(30)28(38)35-12-10-34(11-13-35)25-22(19-4-2-1-3-5-19)15-31-26-24(25)27(33-32-26)39-17-21(37)16-36/h1-9,15,21,23,36-37H,10-14,16-17,30H2,(H,31,32,33)/t21-,23-/m1/s1. The lowest BCUT2D eigenvalue weighted by Gasteiger charge is -2.38. The number of hydrogen-bond donors (Lipinski definition) is 4. The van der Waals surface area contributed by atoms with E-state index in [2.05, 4.69) is 20.1 Å². The molecule has 1 saturated heterocycles. The molecule has 1 aliphatic heterocycles. The number of benzene rings is 2. The number of carbonyl (C=O) groups is 1. The van der Waals surface area contributed by atoms with Crippen molar-refractivity contribution < 1.29 is 19.7 Å². The molecule has 0 bridgehead atoms. The average Bonchev–Trinajstić information content (AvgIpc) is 3.39. The molecule has 0 radical (unpaired) electrons. The van der Waals surface area contributed by atoms with Crippen LogP contribution in [0.3, 0.4) is 0 Å². The Hall–Kier alpha value is -3.70. The summed E-state index contributed by atoms with van der Waals surface area (Å²) in [6, 6.07) is 16.6. The number of piperazine rings is 1. The van der Waals surface area contributed by atoms with Crippen LogP contribution in [0.4, 0.5) is 5.69 Å². The van der Waals surface area contributed by atoms with Crippen molar-refractivity contribution in [1.29, 1.82) is 0 Å². The Balaban J connectivity index is 1.39. The summed E-state index contributed by atoms with van der Waals surface area (Å²) in [5, 5.41) is 27.5. The number of ether oxygens (including phenoxy) is 1. The number of rotatable bonds is 9. The Morgan fingerprint density at radius 1 is 1.10 bits per heavy atom. The molecule has 0 aliphatic carbocycles. The highest BCUT2D eigenvalue weighted by Crippen LogP contribution is 2.40. The summed E-state index contributed by atoms with van der Waals surface area (Å²) >= 11 is 5.97. The highest BCUT2D eigenvalue weighted by molar-refractivity contribution is 6.30. The minimum atomic E-state index is -1.03. The number of aromatic amines is 1. The molecule has 1 amide bonds. The third-order valence-electron chi connectivity index (χ3n) is 6.83. The summed E-state index contributed by atoms with van der Waals surface area (Å²) < 4.78 is 5.78. The summed E-state index contributed by atoms with van der Waals surface area (Å²) in [7, 11) is 0. The van der Waals surface area contributed by atoms with Crippen molar-refractivity contribution in [2.45, 2.75) is 18.6 Å². The molecule has 1 fully saturated rings. The van der Waals surface area contributed by atoms with Gasteiger partial charge in [-0.3, -0.25) is 9.89 Å². The summed E-state index contributed by atoms with van der Waals surface area (Å²) in [5.41, 5.74) is 10.6. The van der Waals surface area contributed by atoms with Crippen molar-refractivity contribution in [3.63, 3.8) is 0 Å². The van der Waals surface area contributed by atoms with Gasteiger partial charge in [0.1, 0.15) is 18.1 Å². The number of aliphatic hydroxyl groups excluding tert-OH is 2. The van der Waals surface area contributed by atoms with Crippen molar-refractivity contribution >= 4 is 34.2 Å². The number of amides is 1. The van der Waals surface area contributed by atoms with Gasteiger partial charge in [0.2, 0.25) is 11.8 Å². The van der Waals surface area contributed by atoms with E-state index < -0.39 is 18.8 Å². The number of aliphatic hydroxyl groups is 2. The largest absolute Gasteiger partial charge is 0.473 e. The Labute approximate surface area is 231 Å². The summed E-state index contributed by atoms with van der Waals surface area (Å²) in [6.07, 6.45) is 1.21. The van der Waals surface area contributed by atoms with Crippen LogP contribution < -0.4 is 15.4 Å². The second-order valence-electron chi connectivity index (χ2n) is 9.54. The first-order valence-corrected chi connectivity index (χ1v) is 13.2. The van der Waals surface area contributed by atoms with Crippen LogP contribution in [0.2, 0.25) is 5.02 Å². The van der Waals surface area contributed by atoms with Crippen molar-refractivity contribution in [3.8, 4) is 17.0 Å². The molecule has 5 rings (SSSR count). The lowest BCUT2D eigenvalue weighted by Crippen LogP contribution is -2.53. The number of fused-ring (bicyclic) bond motifs is 1. The van der Waals surface area contributed by atoms with Gasteiger partial charge in [0, 0.05) is 43.0 Å². The number of aromatic nitrogens is 3. The molecule has 2 atom stereocenters. The molecule has 2 aromatic heterocycles. The van der Waals surface area contributed by atoms with E-state index >= 15 is 0 Å². The fourth-order valence-corrected chi connectivity index (χ4v) is 4.91. The predicted molar refractivity (Wildman–Crippen MR) is 150 cm³/mol. The van der Waals surface area contributed by atoms with E-state index in [-0.39, 0.29) is 12.5 Å². The minimum absolute atomic E-state index is 0.0851. The monoisotopic (exact) mass is 550 g/mol. The maximum atomic E-state index is 13.2. The number of H-pyrrole nitrogens is 1. The van der Waals surface area contributed by atoms with Gasteiger partial charge in [-0.05, 0) is 29.7 Å². The maximum Gasteiger partial charge on any atom is 0.244 e. The first kappa shape index (κ1) is 26.9. The van der Waals surface area contributed by atoms with Gasteiger partial charge in [0.25, 0.3) is 0 Å². The Morgan fingerprint density at radius 3 is 2.51 bits per heavy atom. The fraction of sp³-hybridized carbons (Fsp3) is 0.321. The molecule has 0 saturated carbocycles. The van der Waals surface area contributed by atoms with Crippen LogP contribution in [0.25, 0.3) is 22.2 Å². The first-order valence-electron chi connectivity index (χ1n) is 12.8. The van der Waals surface area contributed by atoms with E-state index in [0.29, 0.717) is 54.5 Å². The molecule has 0 spiro atoms. The lowest BCUT2D eigenvalue weighted by molar-refractivity contribution is -0.132. The van der Waals surface area contributed by atoms with Crippen molar-refractivity contribution in [2.75, 3.05) is 44.3 Å². The van der Waals surface area contributed by atoms with Crippen molar-refractivity contribution in [3.05, 3.63) is 71.4 Å². The highest BCUT2D eigenvalue weighted by Gasteiger charge is 2.29. The molecule has 3 heterocycles. The zero-order valence-corrected chi connectivity index (χ0v) is 22.1. The molecule has 2 aromatic carbocycles. The molecule has 0 unspecified atom stereocenters. The van der Waals surface area contributed by atoms with Crippen molar-refractivity contribution in [2.24, 2.45) is 5.73 Å². The molecule has 1 aliphatic rings. The third kappa shape index (κ3) is 5.99. The van der Waals surface area contributed by atoms with Gasteiger partial charge in [-0.25, -0.2) is 4.98 Å². The zero-order chi connectivity index (χ0) is 27.4. The van der Waals surface area contributed by atoms with Crippen LogP contribution in [0.1, 0.15) is 5.56 Å². The number of nitrogens with one attached hydrogen (secondary N) is 1.